The van der Waals surface area contributed by atoms with Crippen molar-refractivity contribution in [3.8, 4) is 10.6 Å². The number of aromatic nitrogens is 1. The minimum atomic E-state index is -0.464. The van der Waals surface area contributed by atoms with Crippen molar-refractivity contribution in [2.75, 3.05) is 6.61 Å². The lowest BCUT2D eigenvalue weighted by molar-refractivity contribution is -0.142. The summed E-state index contributed by atoms with van der Waals surface area (Å²) in [4.78, 5) is 15.6. The third kappa shape index (κ3) is 3.52. The van der Waals surface area contributed by atoms with Gasteiger partial charge < -0.3 is 4.74 Å². The standard InChI is InChI=1S/C13H11ClFNO2S/c1-2-18-12(17)6-9-7-19-13(16-9)8-3-4-11(15)10(14)5-8/h3-5,7H,2,6H2,1H3. The quantitative estimate of drug-likeness (QED) is 0.808. The molecule has 1 aromatic heterocycles. The van der Waals surface area contributed by atoms with Crippen molar-refractivity contribution in [3.63, 3.8) is 0 Å². The Labute approximate surface area is 119 Å². The fraction of sp³-hybridized carbons (Fsp3) is 0.231. The molecule has 2 rings (SSSR count). The first-order chi connectivity index (χ1) is 9.10. The fourth-order valence-electron chi connectivity index (χ4n) is 1.51. The van der Waals surface area contributed by atoms with Gasteiger partial charge in [0.05, 0.1) is 23.7 Å². The molecule has 0 bridgehead atoms. The van der Waals surface area contributed by atoms with E-state index in [0.29, 0.717) is 17.3 Å². The summed E-state index contributed by atoms with van der Waals surface area (Å²) in [5.74, 6) is -0.773. The van der Waals surface area contributed by atoms with Crippen LogP contribution in [-0.4, -0.2) is 17.6 Å². The molecule has 0 saturated heterocycles. The molecule has 1 aromatic carbocycles. The van der Waals surface area contributed by atoms with Gasteiger partial charge >= 0.3 is 5.97 Å². The van der Waals surface area contributed by atoms with Gasteiger partial charge in [-0.1, -0.05) is 11.6 Å². The maximum atomic E-state index is 13.1. The topological polar surface area (TPSA) is 39.2 Å². The average Bonchev–Trinajstić information content (AvgIpc) is 2.81. The molecule has 2 aromatic rings. The second-order valence-electron chi connectivity index (χ2n) is 3.75. The Hall–Kier alpha value is -1.46. The van der Waals surface area contributed by atoms with Crippen molar-refractivity contribution in [2.45, 2.75) is 13.3 Å². The van der Waals surface area contributed by atoms with Crippen molar-refractivity contribution >= 4 is 28.9 Å². The molecule has 0 aliphatic heterocycles. The van der Waals surface area contributed by atoms with Crippen LogP contribution in [0.15, 0.2) is 23.6 Å². The second kappa shape index (κ2) is 6.12. The van der Waals surface area contributed by atoms with E-state index in [-0.39, 0.29) is 17.4 Å². The van der Waals surface area contributed by atoms with Gasteiger partial charge in [-0.25, -0.2) is 9.37 Å². The molecule has 0 saturated carbocycles. The van der Waals surface area contributed by atoms with Crippen molar-refractivity contribution in [1.82, 2.24) is 4.98 Å². The smallest absolute Gasteiger partial charge is 0.311 e. The van der Waals surface area contributed by atoms with Crippen molar-refractivity contribution < 1.29 is 13.9 Å². The van der Waals surface area contributed by atoms with E-state index in [1.165, 1.54) is 23.5 Å². The van der Waals surface area contributed by atoms with E-state index >= 15 is 0 Å². The van der Waals surface area contributed by atoms with Crippen LogP contribution in [0.3, 0.4) is 0 Å². The highest BCUT2D eigenvalue weighted by Gasteiger charge is 2.10. The Kier molecular flexibility index (Phi) is 4.50. The number of ether oxygens (including phenoxy) is 1. The van der Waals surface area contributed by atoms with Crippen LogP contribution in [0.1, 0.15) is 12.6 Å². The maximum Gasteiger partial charge on any atom is 0.311 e. The predicted octanol–water partition coefficient (Wildman–Crippen LogP) is 3.71. The number of halogens is 2. The molecule has 0 aliphatic rings. The van der Waals surface area contributed by atoms with E-state index in [4.69, 9.17) is 16.3 Å². The maximum absolute atomic E-state index is 13.1. The van der Waals surface area contributed by atoms with Crippen LogP contribution in [0.25, 0.3) is 10.6 Å². The Morgan fingerprint density at radius 1 is 1.53 bits per heavy atom. The van der Waals surface area contributed by atoms with Gasteiger partial charge in [0.2, 0.25) is 0 Å². The lowest BCUT2D eigenvalue weighted by Crippen LogP contribution is -2.07. The summed E-state index contributed by atoms with van der Waals surface area (Å²) in [6.45, 7) is 2.11. The Balaban J connectivity index is 2.16. The average molecular weight is 300 g/mol. The summed E-state index contributed by atoms with van der Waals surface area (Å²) in [6, 6.07) is 4.42. The first kappa shape index (κ1) is 14.0. The molecule has 100 valence electrons. The Morgan fingerprint density at radius 2 is 2.32 bits per heavy atom. The molecule has 0 spiro atoms. The van der Waals surface area contributed by atoms with Crippen LogP contribution >= 0.6 is 22.9 Å². The minimum absolute atomic E-state index is 0.0552. The lowest BCUT2D eigenvalue weighted by atomic mass is 10.2. The molecule has 0 radical (unpaired) electrons. The lowest BCUT2D eigenvalue weighted by Gasteiger charge is -1.99. The predicted molar refractivity (Wildman–Crippen MR) is 72.9 cm³/mol. The third-order valence-electron chi connectivity index (χ3n) is 2.35. The van der Waals surface area contributed by atoms with Crippen LogP contribution in [0.4, 0.5) is 4.39 Å². The first-order valence-electron chi connectivity index (χ1n) is 5.65. The van der Waals surface area contributed by atoms with Crippen LogP contribution in [0.5, 0.6) is 0 Å². The number of nitrogens with zero attached hydrogens (tertiary/aromatic N) is 1. The van der Waals surface area contributed by atoms with Gasteiger partial charge in [-0.2, -0.15) is 0 Å². The summed E-state index contributed by atoms with van der Waals surface area (Å²) in [7, 11) is 0. The van der Waals surface area contributed by atoms with Crippen LogP contribution in [0.2, 0.25) is 5.02 Å². The summed E-state index contributed by atoms with van der Waals surface area (Å²) in [5.41, 5.74) is 1.37. The summed E-state index contributed by atoms with van der Waals surface area (Å²) in [6.07, 6.45) is 0.138. The van der Waals surface area contributed by atoms with Crippen LogP contribution in [0, 0.1) is 5.82 Å². The summed E-state index contributed by atoms with van der Waals surface area (Å²) in [5, 5.41) is 2.53. The minimum Gasteiger partial charge on any atom is -0.466 e. The molecule has 0 atom stereocenters. The highest BCUT2D eigenvalue weighted by atomic mass is 35.5. The highest BCUT2D eigenvalue weighted by Crippen LogP contribution is 2.27. The Bertz CT molecular complexity index is 600. The largest absolute Gasteiger partial charge is 0.466 e. The van der Waals surface area contributed by atoms with Crippen molar-refractivity contribution in [3.05, 3.63) is 40.1 Å². The highest BCUT2D eigenvalue weighted by molar-refractivity contribution is 7.13. The molecular weight excluding hydrogens is 289 g/mol. The van der Waals surface area contributed by atoms with E-state index in [1.807, 2.05) is 0 Å². The van der Waals surface area contributed by atoms with E-state index in [1.54, 1.807) is 18.4 Å². The number of carbonyl (C=O) groups excluding carboxylic acids is 1. The second-order valence-corrected chi connectivity index (χ2v) is 5.02. The summed E-state index contributed by atoms with van der Waals surface area (Å²) >= 11 is 7.10. The molecule has 0 amide bonds. The molecule has 3 nitrogen and oxygen atoms in total. The van der Waals surface area contributed by atoms with Crippen molar-refractivity contribution in [2.24, 2.45) is 0 Å². The first-order valence-corrected chi connectivity index (χ1v) is 6.91. The zero-order chi connectivity index (χ0) is 13.8. The van der Waals surface area contributed by atoms with Gasteiger partial charge in [-0.05, 0) is 25.1 Å². The van der Waals surface area contributed by atoms with Gasteiger partial charge in [0.15, 0.2) is 0 Å². The number of carbonyl (C=O) groups is 1. The number of hydrogen-bond donors (Lipinski definition) is 0. The van der Waals surface area contributed by atoms with Crippen LogP contribution in [-0.2, 0) is 16.0 Å². The molecule has 19 heavy (non-hydrogen) atoms. The van der Waals surface area contributed by atoms with Crippen molar-refractivity contribution in [1.29, 1.82) is 0 Å². The third-order valence-corrected chi connectivity index (χ3v) is 3.58. The van der Waals surface area contributed by atoms with E-state index in [2.05, 4.69) is 4.98 Å². The number of rotatable bonds is 4. The number of benzene rings is 1. The molecule has 0 aliphatic carbocycles. The van der Waals surface area contributed by atoms with E-state index in [9.17, 15) is 9.18 Å². The van der Waals surface area contributed by atoms with Crippen LogP contribution < -0.4 is 0 Å². The normalized spacial score (nSPS) is 10.5. The van der Waals surface area contributed by atoms with Gasteiger partial charge in [0, 0.05) is 10.9 Å². The van der Waals surface area contributed by atoms with Gasteiger partial charge in [-0.3, -0.25) is 4.79 Å². The molecule has 0 N–H and O–H groups in total. The molecule has 6 heteroatoms. The molecular formula is C13H11ClFNO2S. The molecule has 0 unspecified atom stereocenters. The molecule has 1 heterocycles. The zero-order valence-electron chi connectivity index (χ0n) is 10.2. The number of esters is 1. The van der Waals surface area contributed by atoms with E-state index in [0.717, 1.165) is 5.56 Å². The molecule has 0 fully saturated rings. The Morgan fingerprint density at radius 3 is 3.00 bits per heavy atom. The van der Waals surface area contributed by atoms with E-state index < -0.39 is 5.82 Å². The monoisotopic (exact) mass is 299 g/mol. The SMILES string of the molecule is CCOC(=O)Cc1csc(-c2ccc(F)c(Cl)c2)n1. The van der Waals surface area contributed by atoms with Gasteiger partial charge in [0.1, 0.15) is 10.8 Å². The fourth-order valence-corrected chi connectivity index (χ4v) is 2.51. The summed E-state index contributed by atoms with van der Waals surface area (Å²) < 4.78 is 17.9. The number of thiazole rings is 1. The van der Waals surface area contributed by atoms with Gasteiger partial charge in [-0.15, -0.1) is 11.3 Å². The number of hydrogen-bond acceptors (Lipinski definition) is 4. The zero-order valence-corrected chi connectivity index (χ0v) is 11.7. The van der Waals surface area contributed by atoms with Gasteiger partial charge in [0.25, 0.3) is 0 Å².